The fraction of sp³-hybridized carbons (Fsp3) is 0.118. The van der Waals surface area contributed by atoms with Crippen LogP contribution in [0.5, 0.6) is 0 Å². The van der Waals surface area contributed by atoms with E-state index in [0.29, 0.717) is 28.5 Å². The number of rotatable bonds is 5. The van der Waals surface area contributed by atoms with E-state index in [9.17, 15) is 12.8 Å². The Morgan fingerprint density at radius 1 is 1.08 bits per heavy atom. The fourth-order valence-corrected chi connectivity index (χ4v) is 2.86. The number of aromatic nitrogens is 1. The van der Waals surface area contributed by atoms with Gasteiger partial charge in [0, 0.05) is 18.2 Å². The SMILES string of the molecule is COCc1nc(-c2ccc(S(N)(=O)=O)cc2)c(-c2ccc(F)cc2)o1. The van der Waals surface area contributed by atoms with Crippen molar-refractivity contribution < 1.29 is 22.0 Å². The predicted molar refractivity (Wildman–Crippen MR) is 89.4 cm³/mol. The minimum absolute atomic E-state index is 0.000178. The Labute approximate surface area is 144 Å². The zero-order valence-corrected chi connectivity index (χ0v) is 14.1. The number of sulfonamides is 1. The van der Waals surface area contributed by atoms with Crippen LogP contribution in [-0.2, 0) is 21.4 Å². The van der Waals surface area contributed by atoms with Crippen LogP contribution in [-0.4, -0.2) is 20.5 Å². The normalized spacial score (nSPS) is 11.6. The van der Waals surface area contributed by atoms with E-state index in [4.69, 9.17) is 14.3 Å². The highest BCUT2D eigenvalue weighted by molar-refractivity contribution is 7.89. The van der Waals surface area contributed by atoms with Gasteiger partial charge in [0.05, 0.1) is 4.90 Å². The zero-order chi connectivity index (χ0) is 18.0. The Bertz CT molecular complexity index is 980. The summed E-state index contributed by atoms with van der Waals surface area (Å²) in [6.07, 6.45) is 0. The molecule has 8 heteroatoms. The number of hydrogen-bond donors (Lipinski definition) is 1. The molecule has 2 N–H and O–H groups in total. The van der Waals surface area contributed by atoms with Gasteiger partial charge in [-0.2, -0.15) is 0 Å². The molecule has 0 aliphatic rings. The topological polar surface area (TPSA) is 95.4 Å². The van der Waals surface area contributed by atoms with Gasteiger partial charge in [0.2, 0.25) is 15.9 Å². The number of hydrogen-bond acceptors (Lipinski definition) is 5. The first-order chi connectivity index (χ1) is 11.9. The summed E-state index contributed by atoms with van der Waals surface area (Å²) in [6, 6.07) is 11.8. The molecule has 0 saturated heterocycles. The van der Waals surface area contributed by atoms with E-state index in [-0.39, 0.29) is 17.3 Å². The average molecular weight is 362 g/mol. The second-order valence-corrected chi connectivity index (χ2v) is 6.86. The summed E-state index contributed by atoms with van der Waals surface area (Å²) < 4.78 is 46.7. The quantitative estimate of drug-likeness (QED) is 0.753. The zero-order valence-electron chi connectivity index (χ0n) is 13.3. The molecule has 0 saturated carbocycles. The highest BCUT2D eigenvalue weighted by atomic mass is 32.2. The number of benzene rings is 2. The van der Waals surface area contributed by atoms with Gasteiger partial charge in [0.15, 0.2) is 5.76 Å². The van der Waals surface area contributed by atoms with Crippen molar-refractivity contribution in [2.75, 3.05) is 7.11 Å². The van der Waals surface area contributed by atoms with E-state index in [2.05, 4.69) is 4.98 Å². The molecule has 6 nitrogen and oxygen atoms in total. The fourth-order valence-electron chi connectivity index (χ4n) is 2.34. The second-order valence-electron chi connectivity index (χ2n) is 5.29. The van der Waals surface area contributed by atoms with Crippen molar-refractivity contribution in [3.05, 3.63) is 60.2 Å². The standard InChI is InChI=1S/C17H15FN2O4S/c1-23-10-15-20-16(11-4-8-14(9-5-11)25(19,21)22)17(24-15)12-2-6-13(18)7-3-12/h2-9H,10H2,1H3,(H2,19,21,22). The Morgan fingerprint density at radius 2 is 1.68 bits per heavy atom. The number of ether oxygens (including phenoxy) is 1. The highest BCUT2D eigenvalue weighted by Gasteiger charge is 2.18. The van der Waals surface area contributed by atoms with Gasteiger partial charge in [-0.3, -0.25) is 0 Å². The van der Waals surface area contributed by atoms with Gasteiger partial charge >= 0.3 is 0 Å². The van der Waals surface area contributed by atoms with E-state index in [1.807, 2.05) is 0 Å². The first kappa shape index (κ1) is 17.3. The summed E-state index contributed by atoms with van der Waals surface area (Å²) >= 11 is 0. The molecule has 0 amide bonds. The predicted octanol–water partition coefficient (Wildman–Crippen LogP) is 2.94. The lowest BCUT2D eigenvalue weighted by Gasteiger charge is -2.03. The molecule has 0 fully saturated rings. The Kier molecular flexibility index (Phi) is 4.67. The molecule has 3 rings (SSSR count). The van der Waals surface area contributed by atoms with Crippen LogP contribution < -0.4 is 5.14 Å². The number of halogens is 1. The molecule has 25 heavy (non-hydrogen) atoms. The molecule has 130 valence electrons. The van der Waals surface area contributed by atoms with E-state index < -0.39 is 10.0 Å². The van der Waals surface area contributed by atoms with Gasteiger partial charge in [0.25, 0.3) is 0 Å². The van der Waals surface area contributed by atoms with Gasteiger partial charge in [-0.05, 0) is 36.4 Å². The van der Waals surface area contributed by atoms with Gasteiger partial charge < -0.3 is 9.15 Å². The number of oxazole rings is 1. The van der Waals surface area contributed by atoms with E-state index in [0.717, 1.165) is 0 Å². The highest BCUT2D eigenvalue weighted by Crippen LogP contribution is 2.33. The minimum atomic E-state index is -3.78. The maximum absolute atomic E-state index is 13.2. The number of methoxy groups -OCH3 is 1. The van der Waals surface area contributed by atoms with Crippen LogP contribution in [0.25, 0.3) is 22.6 Å². The number of nitrogens with zero attached hydrogens (tertiary/aromatic N) is 1. The van der Waals surface area contributed by atoms with Gasteiger partial charge in [-0.25, -0.2) is 22.9 Å². The molecule has 0 aliphatic heterocycles. The van der Waals surface area contributed by atoms with Crippen molar-refractivity contribution in [1.82, 2.24) is 4.98 Å². The van der Waals surface area contributed by atoms with Gasteiger partial charge in [0.1, 0.15) is 18.1 Å². The first-order valence-corrected chi connectivity index (χ1v) is 8.81. The summed E-state index contributed by atoms with van der Waals surface area (Å²) in [5.74, 6) is 0.433. The van der Waals surface area contributed by atoms with Crippen LogP contribution in [0.15, 0.2) is 57.8 Å². The summed E-state index contributed by atoms with van der Waals surface area (Å²) in [4.78, 5) is 4.39. The maximum Gasteiger partial charge on any atom is 0.238 e. The van der Waals surface area contributed by atoms with E-state index in [1.165, 1.54) is 31.4 Å². The molecule has 1 heterocycles. The smallest absolute Gasteiger partial charge is 0.238 e. The summed E-state index contributed by atoms with van der Waals surface area (Å²) in [5, 5.41) is 5.11. The third kappa shape index (κ3) is 3.76. The summed E-state index contributed by atoms with van der Waals surface area (Å²) in [7, 11) is -2.26. The third-order valence-electron chi connectivity index (χ3n) is 3.50. The Morgan fingerprint density at radius 3 is 2.24 bits per heavy atom. The van der Waals surface area contributed by atoms with Gasteiger partial charge in [-0.1, -0.05) is 12.1 Å². The second kappa shape index (κ2) is 6.75. The van der Waals surface area contributed by atoms with Crippen LogP contribution >= 0.6 is 0 Å². The molecule has 0 spiro atoms. The molecule has 0 atom stereocenters. The lowest BCUT2D eigenvalue weighted by Crippen LogP contribution is -2.11. The van der Waals surface area contributed by atoms with Gasteiger partial charge in [-0.15, -0.1) is 0 Å². The monoisotopic (exact) mass is 362 g/mol. The van der Waals surface area contributed by atoms with Crippen molar-refractivity contribution in [2.45, 2.75) is 11.5 Å². The van der Waals surface area contributed by atoms with Crippen molar-refractivity contribution in [2.24, 2.45) is 5.14 Å². The molecule has 0 radical (unpaired) electrons. The maximum atomic E-state index is 13.2. The average Bonchev–Trinajstić information content (AvgIpc) is 2.99. The lowest BCUT2D eigenvalue weighted by atomic mass is 10.1. The molecule has 0 bridgehead atoms. The van der Waals surface area contributed by atoms with Crippen molar-refractivity contribution in [1.29, 1.82) is 0 Å². The Balaban J connectivity index is 2.09. The number of primary sulfonamides is 1. The van der Waals surface area contributed by atoms with Crippen molar-refractivity contribution in [3.63, 3.8) is 0 Å². The summed E-state index contributed by atoms with van der Waals surface area (Å²) in [5.41, 5.74) is 1.78. The molecular weight excluding hydrogens is 347 g/mol. The minimum Gasteiger partial charge on any atom is -0.437 e. The Hall–Kier alpha value is -2.55. The molecule has 0 aliphatic carbocycles. The molecule has 3 aromatic rings. The van der Waals surface area contributed by atoms with Crippen molar-refractivity contribution in [3.8, 4) is 22.6 Å². The van der Waals surface area contributed by atoms with E-state index in [1.54, 1.807) is 24.3 Å². The molecule has 2 aromatic carbocycles. The van der Waals surface area contributed by atoms with E-state index >= 15 is 0 Å². The third-order valence-corrected chi connectivity index (χ3v) is 4.43. The van der Waals surface area contributed by atoms with Crippen molar-refractivity contribution >= 4 is 10.0 Å². The lowest BCUT2D eigenvalue weighted by molar-refractivity contribution is 0.160. The first-order valence-electron chi connectivity index (χ1n) is 7.26. The van der Waals surface area contributed by atoms with Crippen LogP contribution in [0.3, 0.4) is 0 Å². The largest absolute Gasteiger partial charge is 0.437 e. The number of nitrogens with two attached hydrogens (primary N) is 1. The van der Waals surface area contributed by atoms with Crippen LogP contribution in [0.1, 0.15) is 5.89 Å². The molecular formula is C17H15FN2O4S. The van der Waals surface area contributed by atoms with Crippen LogP contribution in [0, 0.1) is 5.82 Å². The molecule has 1 aromatic heterocycles. The molecule has 0 unspecified atom stereocenters. The summed E-state index contributed by atoms with van der Waals surface area (Å²) in [6.45, 7) is 0.170. The van der Waals surface area contributed by atoms with Crippen LogP contribution in [0.2, 0.25) is 0 Å². The van der Waals surface area contributed by atoms with Crippen LogP contribution in [0.4, 0.5) is 4.39 Å².